The van der Waals surface area contributed by atoms with Gasteiger partial charge in [0.2, 0.25) is 5.91 Å². The predicted octanol–water partition coefficient (Wildman–Crippen LogP) is 2.37. The van der Waals surface area contributed by atoms with Crippen LogP contribution in [0.25, 0.3) is 5.69 Å². The van der Waals surface area contributed by atoms with Crippen LogP contribution in [0.4, 0.5) is 0 Å². The molecule has 7 nitrogen and oxygen atoms in total. The third-order valence-electron chi connectivity index (χ3n) is 3.87. The van der Waals surface area contributed by atoms with Crippen molar-refractivity contribution in [3.05, 3.63) is 65.7 Å². The Labute approximate surface area is 155 Å². The summed E-state index contributed by atoms with van der Waals surface area (Å²) >= 11 is 1.30. The van der Waals surface area contributed by atoms with Gasteiger partial charge in [0.15, 0.2) is 5.16 Å². The molecule has 0 bridgehead atoms. The summed E-state index contributed by atoms with van der Waals surface area (Å²) < 4.78 is 1.93. The predicted molar refractivity (Wildman–Crippen MR) is 100 cm³/mol. The second-order valence-electron chi connectivity index (χ2n) is 5.72. The van der Waals surface area contributed by atoms with Crippen LogP contribution in [0.5, 0.6) is 0 Å². The lowest BCUT2D eigenvalue weighted by Gasteiger charge is -2.10. The molecule has 0 radical (unpaired) electrons. The first-order valence-electron chi connectivity index (χ1n) is 8.01. The number of H-pyrrole nitrogens is 1. The number of benzene rings is 1. The molecule has 0 saturated carbocycles. The van der Waals surface area contributed by atoms with Gasteiger partial charge in [-0.05, 0) is 49.2 Å². The molecule has 1 aromatic carbocycles. The number of nitrogens with zero attached hydrogens (tertiary/aromatic N) is 2. The highest BCUT2D eigenvalue weighted by Crippen LogP contribution is 2.21. The normalized spacial score (nSPS) is 10.5. The van der Waals surface area contributed by atoms with Crippen molar-refractivity contribution in [2.45, 2.75) is 19.0 Å². The minimum atomic E-state index is -0.398. The second-order valence-corrected chi connectivity index (χ2v) is 6.67. The lowest BCUT2D eigenvalue weighted by Crippen LogP contribution is -2.42. The molecule has 0 saturated heterocycles. The van der Waals surface area contributed by atoms with Gasteiger partial charge in [0.25, 0.3) is 5.91 Å². The molecule has 3 aromatic rings. The van der Waals surface area contributed by atoms with E-state index in [-0.39, 0.29) is 11.7 Å². The smallest absolute Gasteiger partial charge is 0.286 e. The Bertz CT molecular complexity index is 918. The highest BCUT2D eigenvalue weighted by molar-refractivity contribution is 7.99. The molecule has 134 valence electrons. The number of rotatable bonds is 5. The number of hydrogen-bond acceptors (Lipinski definition) is 4. The molecule has 0 fully saturated rings. The largest absolute Gasteiger partial charge is 0.357 e. The summed E-state index contributed by atoms with van der Waals surface area (Å²) in [5.74, 6) is -0.582. The SMILES string of the molecule is Cc1ccc(-n2ccnc2SCC(=O)NNC(=O)c2ccc[nH]2)cc1C. The first-order chi connectivity index (χ1) is 12.5. The quantitative estimate of drug-likeness (QED) is 0.476. The maximum atomic E-state index is 12.0. The van der Waals surface area contributed by atoms with Crippen molar-refractivity contribution in [1.82, 2.24) is 25.4 Å². The first kappa shape index (κ1) is 17.8. The number of aryl methyl sites for hydroxylation is 2. The van der Waals surface area contributed by atoms with E-state index < -0.39 is 5.91 Å². The Kier molecular flexibility index (Phi) is 5.43. The molecule has 8 heteroatoms. The van der Waals surface area contributed by atoms with Crippen LogP contribution in [0.1, 0.15) is 21.6 Å². The van der Waals surface area contributed by atoms with E-state index >= 15 is 0 Å². The van der Waals surface area contributed by atoms with Crippen molar-refractivity contribution in [2.24, 2.45) is 0 Å². The van der Waals surface area contributed by atoms with Crippen LogP contribution in [0.3, 0.4) is 0 Å². The lowest BCUT2D eigenvalue weighted by atomic mass is 10.1. The maximum Gasteiger partial charge on any atom is 0.286 e. The van der Waals surface area contributed by atoms with E-state index in [0.29, 0.717) is 10.9 Å². The highest BCUT2D eigenvalue weighted by atomic mass is 32.2. The fourth-order valence-electron chi connectivity index (χ4n) is 2.30. The molecule has 2 aromatic heterocycles. The summed E-state index contributed by atoms with van der Waals surface area (Å²) in [5, 5.41) is 0.707. The molecule has 0 unspecified atom stereocenters. The number of carbonyl (C=O) groups is 2. The second kappa shape index (κ2) is 7.92. The summed E-state index contributed by atoms with van der Waals surface area (Å²) in [7, 11) is 0. The number of nitrogens with one attached hydrogen (secondary N) is 3. The Balaban J connectivity index is 1.57. The van der Waals surface area contributed by atoms with E-state index in [0.717, 1.165) is 5.69 Å². The topological polar surface area (TPSA) is 91.8 Å². The zero-order chi connectivity index (χ0) is 18.5. The van der Waals surface area contributed by atoms with Crippen LogP contribution in [-0.4, -0.2) is 32.1 Å². The summed E-state index contributed by atoms with van der Waals surface area (Å²) in [5.41, 5.74) is 8.54. The molecule has 0 aliphatic heterocycles. The van der Waals surface area contributed by atoms with E-state index in [1.165, 1.54) is 22.9 Å². The first-order valence-corrected chi connectivity index (χ1v) is 8.99. The highest BCUT2D eigenvalue weighted by Gasteiger charge is 2.11. The standard InChI is InChI=1S/C18H19N5O2S/c1-12-5-6-14(10-13(12)2)23-9-8-20-18(23)26-11-16(24)21-22-17(25)15-4-3-7-19-15/h3-10,19H,11H2,1-2H3,(H,21,24)(H,22,25). The van der Waals surface area contributed by atoms with Gasteiger partial charge in [0, 0.05) is 24.3 Å². The van der Waals surface area contributed by atoms with Gasteiger partial charge in [-0.1, -0.05) is 17.8 Å². The Hall–Kier alpha value is -3.00. The van der Waals surface area contributed by atoms with Crippen LogP contribution >= 0.6 is 11.8 Å². The van der Waals surface area contributed by atoms with Crippen molar-refractivity contribution < 1.29 is 9.59 Å². The summed E-state index contributed by atoms with van der Waals surface area (Å²) in [6, 6.07) is 9.49. The van der Waals surface area contributed by atoms with Crippen molar-refractivity contribution >= 4 is 23.6 Å². The fourth-order valence-corrected chi connectivity index (χ4v) is 3.07. The summed E-state index contributed by atoms with van der Waals surface area (Å²) in [6.45, 7) is 4.12. The van der Waals surface area contributed by atoms with Crippen LogP contribution in [0.15, 0.2) is 54.1 Å². The molecule has 26 heavy (non-hydrogen) atoms. The Morgan fingerprint density at radius 3 is 2.77 bits per heavy atom. The molecule has 0 spiro atoms. The summed E-state index contributed by atoms with van der Waals surface area (Å²) in [6.07, 6.45) is 5.19. The van der Waals surface area contributed by atoms with E-state index in [2.05, 4.69) is 46.8 Å². The molecule has 2 heterocycles. The van der Waals surface area contributed by atoms with Crippen LogP contribution in [-0.2, 0) is 4.79 Å². The average molecular weight is 369 g/mol. The van der Waals surface area contributed by atoms with Crippen molar-refractivity contribution in [3.8, 4) is 5.69 Å². The number of imidazole rings is 1. The molecular weight excluding hydrogens is 350 g/mol. The van der Waals surface area contributed by atoms with Gasteiger partial charge >= 0.3 is 0 Å². The minimum Gasteiger partial charge on any atom is -0.357 e. The third-order valence-corrected chi connectivity index (χ3v) is 4.83. The van der Waals surface area contributed by atoms with Crippen molar-refractivity contribution in [2.75, 3.05) is 5.75 Å². The van der Waals surface area contributed by atoms with E-state index in [1.54, 1.807) is 24.5 Å². The molecule has 0 aliphatic carbocycles. The fraction of sp³-hybridized carbons (Fsp3) is 0.167. The van der Waals surface area contributed by atoms with E-state index in [9.17, 15) is 9.59 Å². The van der Waals surface area contributed by atoms with Crippen LogP contribution < -0.4 is 10.9 Å². The van der Waals surface area contributed by atoms with Gasteiger partial charge in [-0.3, -0.25) is 25.0 Å². The van der Waals surface area contributed by atoms with Gasteiger partial charge in [-0.2, -0.15) is 0 Å². The number of aromatic amines is 1. The summed E-state index contributed by atoms with van der Waals surface area (Å²) in [4.78, 5) is 30.8. The number of carbonyl (C=O) groups excluding carboxylic acids is 2. The van der Waals surface area contributed by atoms with Gasteiger partial charge in [0.1, 0.15) is 5.69 Å². The van der Waals surface area contributed by atoms with Gasteiger partial charge in [0.05, 0.1) is 5.75 Å². The molecule has 3 N–H and O–H groups in total. The number of hydrogen-bond donors (Lipinski definition) is 3. The number of thioether (sulfide) groups is 1. The zero-order valence-electron chi connectivity index (χ0n) is 14.4. The molecular formula is C18H19N5O2S. The number of amides is 2. The van der Waals surface area contributed by atoms with Crippen molar-refractivity contribution in [1.29, 1.82) is 0 Å². The lowest BCUT2D eigenvalue weighted by molar-refractivity contribution is -0.119. The molecule has 0 aliphatic rings. The molecule has 3 rings (SSSR count). The monoisotopic (exact) mass is 369 g/mol. The number of aromatic nitrogens is 3. The van der Waals surface area contributed by atoms with Gasteiger partial charge in [-0.15, -0.1) is 0 Å². The Morgan fingerprint density at radius 1 is 1.19 bits per heavy atom. The molecule has 0 atom stereocenters. The van der Waals surface area contributed by atoms with Crippen LogP contribution in [0, 0.1) is 13.8 Å². The third kappa shape index (κ3) is 4.15. The molecule has 2 amide bonds. The maximum absolute atomic E-state index is 12.0. The number of hydrazine groups is 1. The average Bonchev–Trinajstić information content (AvgIpc) is 3.32. The van der Waals surface area contributed by atoms with E-state index in [1.807, 2.05) is 16.8 Å². The minimum absolute atomic E-state index is 0.132. The van der Waals surface area contributed by atoms with Crippen LogP contribution in [0.2, 0.25) is 0 Å². The van der Waals surface area contributed by atoms with Gasteiger partial charge in [-0.25, -0.2) is 4.98 Å². The van der Waals surface area contributed by atoms with Crippen molar-refractivity contribution in [3.63, 3.8) is 0 Å². The zero-order valence-corrected chi connectivity index (χ0v) is 15.3. The van der Waals surface area contributed by atoms with Gasteiger partial charge < -0.3 is 4.98 Å². The van der Waals surface area contributed by atoms with E-state index in [4.69, 9.17) is 0 Å². The Morgan fingerprint density at radius 2 is 2.04 bits per heavy atom.